The van der Waals surface area contributed by atoms with Crippen LogP contribution in [0.2, 0.25) is 0 Å². The lowest BCUT2D eigenvalue weighted by Crippen LogP contribution is -2.49. The Labute approximate surface area is 210 Å². The number of likely N-dealkylation sites (tertiary alicyclic amines) is 2. The van der Waals surface area contributed by atoms with E-state index in [4.69, 9.17) is 14.2 Å². The van der Waals surface area contributed by atoms with Crippen LogP contribution in [0.5, 0.6) is 5.88 Å². The fourth-order valence-corrected chi connectivity index (χ4v) is 5.04. The lowest BCUT2D eigenvalue weighted by molar-refractivity contribution is -0.143. The van der Waals surface area contributed by atoms with Gasteiger partial charge < -0.3 is 24.0 Å². The Morgan fingerprint density at radius 3 is 2.24 bits per heavy atom. The normalized spacial score (nSPS) is 24.5. The molecule has 34 heavy (non-hydrogen) atoms. The van der Waals surface area contributed by atoms with Crippen molar-refractivity contribution >= 4 is 27.9 Å². The summed E-state index contributed by atoms with van der Waals surface area (Å²) >= 11 is 3.43. The molecule has 1 saturated carbocycles. The van der Waals surface area contributed by atoms with Crippen LogP contribution in [0.25, 0.3) is 0 Å². The monoisotopic (exact) mass is 537 g/mol. The summed E-state index contributed by atoms with van der Waals surface area (Å²) in [5.41, 5.74) is -0.500. The highest BCUT2D eigenvalue weighted by molar-refractivity contribution is 9.10. The van der Waals surface area contributed by atoms with E-state index in [0.29, 0.717) is 31.8 Å². The van der Waals surface area contributed by atoms with Gasteiger partial charge >= 0.3 is 6.09 Å². The minimum atomic E-state index is -0.500. The molecule has 8 nitrogen and oxygen atoms in total. The molecule has 1 aliphatic carbocycles. The summed E-state index contributed by atoms with van der Waals surface area (Å²) in [6.45, 7) is 8.23. The number of carbonyl (C=O) groups is 2. The Balaban J connectivity index is 1.12. The van der Waals surface area contributed by atoms with Gasteiger partial charge in [-0.05, 0) is 52.5 Å². The number of hydrogen-bond acceptors (Lipinski definition) is 6. The Kier molecular flexibility index (Phi) is 8.02. The van der Waals surface area contributed by atoms with Crippen molar-refractivity contribution < 1.29 is 23.8 Å². The lowest BCUT2D eigenvalue weighted by Gasteiger charge is -2.41. The van der Waals surface area contributed by atoms with Crippen molar-refractivity contribution in [3.05, 3.63) is 22.8 Å². The highest BCUT2D eigenvalue weighted by Gasteiger charge is 2.37. The van der Waals surface area contributed by atoms with Gasteiger partial charge in [-0.1, -0.05) is 15.9 Å². The third kappa shape index (κ3) is 6.84. The molecule has 0 unspecified atom stereocenters. The highest BCUT2D eigenvalue weighted by atomic mass is 79.9. The van der Waals surface area contributed by atoms with Gasteiger partial charge in [0.15, 0.2) is 0 Å². The Bertz CT molecular complexity index is 854. The van der Waals surface area contributed by atoms with Gasteiger partial charge in [0.25, 0.3) is 0 Å². The third-order valence-corrected chi connectivity index (χ3v) is 7.16. The van der Waals surface area contributed by atoms with Crippen LogP contribution < -0.4 is 4.74 Å². The molecule has 2 saturated heterocycles. The fourth-order valence-electron chi connectivity index (χ4n) is 4.72. The number of carbonyl (C=O) groups excluding carboxylic acids is 2. The van der Waals surface area contributed by atoms with E-state index in [0.717, 1.165) is 43.2 Å². The van der Waals surface area contributed by atoms with Crippen molar-refractivity contribution in [2.75, 3.05) is 26.2 Å². The summed E-state index contributed by atoms with van der Waals surface area (Å²) in [6, 6.07) is 3.76. The Morgan fingerprint density at radius 1 is 0.971 bits per heavy atom. The molecule has 0 aromatic carbocycles. The summed E-state index contributed by atoms with van der Waals surface area (Å²) in [6.07, 6.45) is 6.92. The second-order valence-electron chi connectivity index (χ2n) is 10.5. The zero-order chi connectivity index (χ0) is 24.3. The molecule has 2 amide bonds. The number of pyridine rings is 1. The number of piperidine rings is 2. The minimum Gasteiger partial charge on any atom is -0.474 e. The molecule has 0 N–H and O–H groups in total. The molecule has 0 radical (unpaired) electrons. The average Bonchev–Trinajstić information content (AvgIpc) is 2.77. The van der Waals surface area contributed by atoms with Gasteiger partial charge in [0.2, 0.25) is 11.8 Å². The predicted molar refractivity (Wildman–Crippen MR) is 131 cm³/mol. The maximum absolute atomic E-state index is 13.0. The average molecular weight is 538 g/mol. The first-order chi connectivity index (χ1) is 16.2. The van der Waals surface area contributed by atoms with Crippen molar-refractivity contribution in [2.45, 2.75) is 83.2 Å². The van der Waals surface area contributed by atoms with Crippen LogP contribution in [0.4, 0.5) is 4.79 Å². The molecule has 188 valence electrons. The predicted octanol–water partition coefficient (Wildman–Crippen LogP) is 4.41. The number of amides is 2. The topological polar surface area (TPSA) is 81.2 Å². The molecule has 1 aromatic rings. The maximum atomic E-state index is 13.0. The smallest absolute Gasteiger partial charge is 0.410 e. The second kappa shape index (κ2) is 10.8. The van der Waals surface area contributed by atoms with E-state index in [2.05, 4.69) is 20.9 Å². The molecule has 9 heteroatoms. The molecule has 4 rings (SSSR count). The van der Waals surface area contributed by atoms with Crippen molar-refractivity contribution in [3.8, 4) is 5.88 Å². The highest BCUT2D eigenvalue weighted by Crippen LogP contribution is 2.31. The van der Waals surface area contributed by atoms with Crippen LogP contribution in [0, 0.1) is 5.92 Å². The molecule has 0 bridgehead atoms. The largest absolute Gasteiger partial charge is 0.474 e. The molecule has 2 aliphatic heterocycles. The SMILES string of the molecule is CC(C)(C)OC(=O)N1CCC(C(=O)N2CCC(O[C@H]3C[C@H](Oc4cc(Br)ccn4)C3)CC2)CC1. The van der Waals surface area contributed by atoms with E-state index in [1.165, 1.54) is 0 Å². The zero-order valence-electron chi connectivity index (χ0n) is 20.4. The molecule has 0 spiro atoms. The van der Waals surface area contributed by atoms with Gasteiger partial charge in [0, 0.05) is 61.7 Å². The minimum absolute atomic E-state index is 0.00710. The zero-order valence-corrected chi connectivity index (χ0v) is 22.0. The molecule has 1 aromatic heterocycles. The molecular weight excluding hydrogens is 502 g/mol. The number of nitrogens with zero attached hydrogens (tertiary/aromatic N) is 3. The van der Waals surface area contributed by atoms with E-state index < -0.39 is 5.60 Å². The Hall–Kier alpha value is -1.87. The standard InChI is InChI=1S/C25H36BrN3O5/c1-25(2,3)34-24(31)29-10-5-17(6-11-29)23(30)28-12-7-19(8-13-28)32-20-15-21(16-20)33-22-14-18(26)4-9-27-22/h4,9,14,17,19-21H,5-8,10-13,15-16H2,1-3H3/t20-,21-. The first-order valence-electron chi connectivity index (χ1n) is 12.4. The number of rotatable bonds is 5. The van der Waals surface area contributed by atoms with Crippen LogP contribution >= 0.6 is 15.9 Å². The van der Waals surface area contributed by atoms with Crippen LogP contribution in [0.3, 0.4) is 0 Å². The van der Waals surface area contributed by atoms with Crippen molar-refractivity contribution in [3.63, 3.8) is 0 Å². The van der Waals surface area contributed by atoms with Crippen molar-refractivity contribution in [2.24, 2.45) is 5.92 Å². The van der Waals surface area contributed by atoms with E-state index in [1.807, 2.05) is 37.8 Å². The lowest BCUT2D eigenvalue weighted by atomic mass is 9.91. The van der Waals surface area contributed by atoms with Gasteiger partial charge in [-0.2, -0.15) is 0 Å². The second-order valence-corrected chi connectivity index (χ2v) is 11.5. The third-order valence-electron chi connectivity index (χ3n) is 6.67. The van der Waals surface area contributed by atoms with Gasteiger partial charge in [0.05, 0.1) is 12.2 Å². The Morgan fingerprint density at radius 2 is 1.62 bits per heavy atom. The van der Waals surface area contributed by atoms with Crippen LogP contribution in [0.1, 0.15) is 59.3 Å². The first-order valence-corrected chi connectivity index (χ1v) is 13.2. The van der Waals surface area contributed by atoms with Gasteiger partial charge in [-0.3, -0.25) is 4.79 Å². The molecule has 3 fully saturated rings. The molecule has 0 atom stereocenters. The summed E-state index contributed by atoms with van der Waals surface area (Å²) < 4.78 is 18.6. The van der Waals surface area contributed by atoms with E-state index >= 15 is 0 Å². The molecular formula is C25H36BrN3O5. The number of aromatic nitrogens is 1. The number of ether oxygens (including phenoxy) is 3. The molecule has 3 aliphatic rings. The van der Waals surface area contributed by atoms with E-state index in [1.54, 1.807) is 11.1 Å². The van der Waals surface area contributed by atoms with Crippen LogP contribution in [-0.4, -0.2) is 76.9 Å². The first kappa shape index (κ1) is 25.2. The summed E-state index contributed by atoms with van der Waals surface area (Å²) in [7, 11) is 0. The number of hydrogen-bond donors (Lipinski definition) is 0. The van der Waals surface area contributed by atoms with E-state index in [9.17, 15) is 9.59 Å². The number of halogens is 1. The summed E-state index contributed by atoms with van der Waals surface area (Å²) in [5.74, 6) is 0.856. The quantitative estimate of drug-likeness (QED) is 0.553. The van der Waals surface area contributed by atoms with Gasteiger partial charge in [-0.15, -0.1) is 0 Å². The van der Waals surface area contributed by atoms with Crippen LogP contribution in [-0.2, 0) is 14.3 Å². The maximum Gasteiger partial charge on any atom is 0.410 e. The van der Waals surface area contributed by atoms with Crippen molar-refractivity contribution in [1.29, 1.82) is 0 Å². The van der Waals surface area contributed by atoms with E-state index in [-0.39, 0.29) is 36.2 Å². The van der Waals surface area contributed by atoms with Crippen molar-refractivity contribution in [1.82, 2.24) is 14.8 Å². The summed E-state index contributed by atoms with van der Waals surface area (Å²) in [4.78, 5) is 33.2. The summed E-state index contributed by atoms with van der Waals surface area (Å²) in [5, 5.41) is 0. The molecule has 3 heterocycles. The van der Waals surface area contributed by atoms with Gasteiger partial charge in [-0.25, -0.2) is 9.78 Å². The fraction of sp³-hybridized carbons (Fsp3) is 0.720. The van der Waals surface area contributed by atoms with Gasteiger partial charge in [0.1, 0.15) is 11.7 Å². The van der Waals surface area contributed by atoms with Crippen LogP contribution in [0.15, 0.2) is 22.8 Å².